The maximum Gasteiger partial charge on any atom is 0.240 e. The normalized spacial score (nSPS) is 10.3. The van der Waals surface area contributed by atoms with E-state index in [0.717, 1.165) is 5.56 Å². The van der Waals surface area contributed by atoms with Gasteiger partial charge in [-0.1, -0.05) is 29.8 Å². The Labute approximate surface area is 115 Å². The Hall–Kier alpha value is -1.52. The molecule has 0 saturated heterocycles. The highest BCUT2D eigenvalue weighted by Gasteiger charge is 2.06. The summed E-state index contributed by atoms with van der Waals surface area (Å²) < 4.78 is 1.56. The molecule has 0 bridgehead atoms. The zero-order chi connectivity index (χ0) is 13.0. The van der Waals surface area contributed by atoms with Crippen molar-refractivity contribution in [3.63, 3.8) is 0 Å². The summed E-state index contributed by atoms with van der Waals surface area (Å²) in [5.41, 5.74) is 0.879. The van der Waals surface area contributed by atoms with Crippen LogP contribution in [0, 0.1) is 0 Å². The van der Waals surface area contributed by atoms with E-state index in [4.69, 9.17) is 23.2 Å². The molecule has 6 heteroatoms. The number of halogens is 2. The lowest BCUT2D eigenvalue weighted by Gasteiger charge is -2.07. The van der Waals surface area contributed by atoms with Gasteiger partial charge in [-0.15, -0.1) is 0 Å². The van der Waals surface area contributed by atoms with Crippen molar-refractivity contribution < 1.29 is 4.79 Å². The molecule has 0 saturated carbocycles. The van der Waals surface area contributed by atoms with E-state index in [-0.39, 0.29) is 12.5 Å². The number of rotatable bonds is 4. The molecule has 2 aromatic rings. The number of benzene rings is 1. The average molecular weight is 284 g/mol. The molecule has 1 heterocycles. The van der Waals surface area contributed by atoms with Gasteiger partial charge in [0, 0.05) is 24.0 Å². The van der Waals surface area contributed by atoms with Crippen molar-refractivity contribution in [2.45, 2.75) is 13.1 Å². The third-order valence-electron chi connectivity index (χ3n) is 2.41. The maximum absolute atomic E-state index is 11.7. The molecule has 1 aromatic carbocycles. The van der Waals surface area contributed by atoms with Crippen LogP contribution < -0.4 is 5.32 Å². The number of aromatic nitrogens is 2. The fraction of sp³-hybridized carbons (Fsp3) is 0.167. The first-order valence-corrected chi connectivity index (χ1v) is 6.09. The number of hydrogen-bond acceptors (Lipinski definition) is 2. The Bertz CT molecular complexity index is 554. The Balaban J connectivity index is 1.90. The van der Waals surface area contributed by atoms with Gasteiger partial charge in [0.1, 0.15) is 6.54 Å². The highest BCUT2D eigenvalue weighted by molar-refractivity contribution is 6.31. The van der Waals surface area contributed by atoms with Crippen molar-refractivity contribution in [3.05, 3.63) is 52.5 Å². The molecule has 0 aliphatic rings. The predicted molar refractivity (Wildman–Crippen MR) is 70.5 cm³/mol. The van der Waals surface area contributed by atoms with Gasteiger partial charge in [-0.3, -0.25) is 4.79 Å². The SMILES string of the molecule is O=C(Cn1ccnc1Cl)NCc1ccccc1Cl. The summed E-state index contributed by atoms with van der Waals surface area (Å²) in [4.78, 5) is 15.5. The van der Waals surface area contributed by atoms with Crippen LogP contribution in [0.1, 0.15) is 5.56 Å². The molecule has 0 atom stereocenters. The van der Waals surface area contributed by atoms with Crippen LogP contribution in [0.5, 0.6) is 0 Å². The lowest BCUT2D eigenvalue weighted by molar-refractivity contribution is -0.121. The lowest BCUT2D eigenvalue weighted by atomic mass is 10.2. The Kier molecular flexibility index (Phi) is 4.23. The minimum Gasteiger partial charge on any atom is -0.350 e. The summed E-state index contributed by atoms with van der Waals surface area (Å²) >= 11 is 11.8. The van der Waals surface area contributed by atoms with E-state index in [1.54, 1.807) is 23.0 Å². The third-order valence-corrected chi connectivity index (χ3v) is 3.10. The fourth-order valence-electron chi connectivity index (χ4n) is 1.48. The predicted octanol–water partition coefficient (Wildman–Crippen LogP) is 2.51. The topological polar surface area (TPSA) is 46.9 Å². The largest absolute Gasteiger partial charge is 0.350 e. The van der Waals surface area contributed by atoms with Crippen LogP contribution in [-0.2, 0) is 17.9 Å². The fourth-order valence-corrected chi connectivity index (χ4v) is 1.85. The summed E-state index contributed by atoms with van der Waals surface area (Å²) in [7, 11) is 0. The molecule has 0 spiro atoms. The smallest absolute Gasteiger partial charge is 0.240 e. The minimum absolute atomic E-state index is 0.142. The third kappa shape index (κ3) is 3.24. The molecule has 1 aromatic heterocycles. The van der Waals surface area contributed by atoms with Crippen molar-refractivity contribution >= 4 is 29.1 Å². The van der Waals surface area contributed by atoms with Gasteiger partial charge in [-0.05, 0) is 23.2 Å². The number of nitrogens with zero attached hydrogens (tertiary/aromatic N) is 2. The molecule has 2 rings (SSSR count). The molecular weight excluding hydrogens is 273 g/mol. The number of hydrogen-bond donors (Lipinski definition) is 1. The van der Waals surface area contributed by atoms with E-state index in [2.05, 4.69) is 10.3 Å². The molecular formula is C12H11Cl2N3O. The summed E-state index contributed by atoms with van der Waals surface area (Å²) in [5.74, 6) is -0.144. The molecule has 0 aliphatic carbocycles. The van der Waals surface area contributed by atoms with Crippen molar-refractivity contribution in [3.8, 4) is 0 Å². The summed E-state index contributed by atoms with van der Waals surface area (Å²) in [5, 5.41) is 3.71. The number of carbonyl (C=O) groups is 1. The van der Waals surface area contributed by atoms with Crippen LogP contribution in [0.4, 0.5) is 0 Å². The van der Waals surface area contributed by atoms with Gasteiger partial charge in [-0.25, -0.2) is 4.98 Å². The van der Waals surface area contributed by atoms with Crippen molar-refractivity contribution in [1.29, 1.82) is 0 Å². The second kappa shape index (κ2) is 5.89. The highest BCUT2D eigenvalue weighted by atomic mass is 35.5. The molecule has 18 heavy (non-hydrogen) atoms. The summed E-state index contributed by atoms with van der Waals surface area (Å²) in [6.07, 6.45) is 3.20. The number of imidazole rings is 1. The molecule has 0 unspecified atom stereocenters. The van der Waals surface area contributed by atoms with Crippen LogP contribution in [0.25, 0.3) is 0 Å². The van der Waals surface area contributed by atoms with E-state index in [1.165, 1.54) is 0 Å². The zero-order valence-corrected chi connectivity index (χ0v) is 10.9. The van der Waals surface area contributed by atoms with Gasteiger partial charge in [0.15, 0.2) is 0 Å². The van der Waals surface area contributed by atoms with Gasteiger partial charge in [0.25, 0.3) is 0 Å². The van der Waals surface area contributed by atoms with E-state index in [9.17, 15) is 4.79 Å². The van der Waals surface area contributed by atoms with Crippen LogP contribution in [0.2, 0.25) is 10.3 Å². The van der Waals surface area contributed by atoms with Crippen molar-refractivity contribution in [1.82, 2.24) is 14.9 Å². The van der Waals surface area contributed by atoms with E-state index >= 15 is 0 Å². The second-order valence-corrected chi connectivity index (χ2v) is 4.44. The van der Waals surface area contributed by atoms with Crippen LogP contribution in [0.3, 0.4) is 0 Å². The monoisotopic (exact) mass is 283 g/mol. The molecule has 4 nitrogen and oxygen atoms in total. The molecule has 94 valence electrons. The number of carbonyl (C=O) groups excluding carboxylic acids is 1. The zero-order valence-electron chi connectivity index (χ0n) is 9.44. The van der Waals surface area contributed by atoms with Crippen LogP contribution in [-0.4, -0.2) is 15.5 Å². The Morgan fingerprint density at radius 2 is 2.11 bits per heavy atom. The molecule has 1 N–H and O–H groups in total. The molecule has 0 aliphatic heterocycles. The van der Waals surface area contributed by atoms with Gasteiger partial charge in [0.2, 0.25) is 11.2 Å². The van der Waals surface area contributed by atoms with Crippen LogP contribution in [0.15, 0.2) is 36.7 Å². The molecule has 0 radical (unpaired) electrons. The van der Waals surface area contributed by atoms with Gasteiger partial charge < -0.3 is 9.88 Å². The van der Waals surface area contributed by atoms with E-state index in [0.29, 0.717) is 16.9 Å². The van der Waals surface area contributed by atoms with E-state index < -0.39 is 0 Å². The van der Waals surface area contributed by atoms with Crippen LogP contribution >= 0.6 is 23.2 Å². The second-order valence-electron chi connectivity index (χ2n) is 3.69. The van der Waals surface area contributed by atoms with Crippen molar-refractivity contribution in [2.75, 3.05) is 0 Å². The van der Waals surface area contributed by atoms with E-state index in [1.807, 2.05) is 18.2 Å². The lowest BCUT2D eigenvalue weighted by Crippen LogP contribution is -2.27. The summed E-state index contributed by atoms with van der Waals surface area (Å²) in [6, 6.07) is 7.38. The average Bonchev–Trinajstić information content (AvgIpc) is 2.74. The first kappa shape index (κ1) is 12.9. The van der Waals surface area contributed by atoms with Gasteiger partial charge in [0.05, 0.1) is 0 Å². The van der Waals surface area contributed by atoms with Crippen molar-refractivity contribution in [2.24, 2.45) is 0 Å². The number of amides is 1. The Morgan fingerprint density at radius 1 is 1.33 bits per heavy atom. The quantitative estimate of drug-likeness (QED) is 0.937. The Morgan fingerprint density at radius 3 is 2.78 bits per heavy atom. The highest BCUT2D eigenvalue weighted by Crippen LogP contribution is 2.14. The number of nitrogens with one attached hydrogen (secondary N) is 1. The maximum atomic E-state index is 11.7. The minimum atomic E-state index is -0.144. The molecule has 0 fully saturated rings. The van der Waals surface area contributed by atoms with Gasteiger partial charge in [-0.2, -0.15) is 0 Å². The van der Waals surface area contributed by atoms with Gasteiger partial charge >= 0.3 is 0 Å². The standard InChI is InChI=1S/C12H11Cl2N3O/c13-10-4-2-1-3-9(10)7-16-11(18)8-17-6-5-15-12(17)14/h1-6H,7-8H2,(H,16,18). The molecule has 1 amide bonds. The first-order chi connectivity index (χ1) is 8.66. The first-order valence-electron chi connectivity index (χ1n) is 5.33. The summed E-state index contributed by atoms with van der Waals surface area (Å²) in [6.45, 7) is 0.536.